The van der Waals surface area contributed by atoms with E-state index < -0.39 is 5.97 Å². The molecule has 0 spiro atoms. The second-order valence-electron chi connectivity index (χ2n) is 4.87. The van der Waals surface area contributed by atoms with Gasteiger partial charge in [-0.15, -0.1) is 0 Å². The molecule has 6 heteroatoms. The van der Waals surface area contributed by atoms with Crippen LogP contribution in [0.15, 0.2) is 24.3 Å². The Hall–Kier alpha value is -2.37. The smallest absolute Gasteiger partial charge is 0.303 e. The summed E-state index contributed by atoms with van der Waals surface area (Å²) < 4.78 is 0. The van der Waals surface area contributed by atoms with E-state index in [1.807, 2.05) is 0 Å². The normalized spacial score (nSPS) is 10.0. The van der Waals surface area contributed by atoms with Crippen LogP contribution in [0.25, 0.3) is 0 Å². The SMILES string of the molecule is CC(=O)Nc1ccc(CC(=O)N(C)CCCC(=O)O)cc1. The van der Waals surface area contributed by atoms with E-state index in [9.17, 15) is 14.4 Å². The molecular weight excluding hydrogens is 272 g/mol. The first-order valence-electron chi connectivity index (χ1n) is 6.71. The minimum absolute atomic E-state index is 0.0586. The molecule has 2 amide bonds. The average Bonchev–Trinajstić information content (AvgIpc) is 2.39. The second kappa shape index (κ2) is 8.04. The lowest BCUT2D eigenvalue weighted by atomic mass is 10.1. The number of hydrogen-bond acceptors (Lipinski definition) is 3. The highest BCUT2D eigenvalue weighted by Crippen LogP contribution is 2.11. The first-order chi connectivity index (χ1) is 9.88. The van der Waals surface area contributed by atoms with Crippen molar-refractivity contribution in [2.24, 2.45) is 0 Å². The van der Waals surface area contributed by atoms with Crippen molar-refractivity contribution in [2.75, 3.05) is 18.9 Å². The number of likely N-dealkylation sites (N-methyl/N-ethyl adjacent to an activating group) is 1. The fourth-order valence-electron chi connectivity index (χ4n) is 1.81. The van der Waals surface area contributed by atoms with Gasteiger partial charge in [-0.05, 0) is 24.1 Å². The number of carbonyl (C=O) groups excluding carboxylic acids is 2. The van der Waals surface area contributed by atoms with Crippen LogP contribution in [0.2, 0.25) is 0 Å². The summed E-state index contributed by atoms with van der Waals surface area (Å²) in [7, 11) is 1.66. The maximum atomic E-state index is 12.0. The van der Waals surface area contributed by atoms with Crippen molar-refractivity contribution >= 4 is 23.5 Å². The van der Waals surface area contributed by atoms with Gasteiger partial charge in [0, 0.05) is 32.6 Å². The number of benzene rings is 1. The number of amides is 2. The highest BCUT2D eigenvalue weighted by molar-refractivity contribution is 5.88. The summed E-state index contributed by atoms with van der Waals surface area (Å²) >= 11 is 0. The van der Waals surface area contributed by atoms with Gasteiger partial charge in [-0.3, -0.25) is 14.4 Å². The van der Waals surface area contributed by atoms with Crippen molar-refractivity contribution < 1.29 is 19.5 Å². The highest BCUT2D eigenvalue weighted by atomic mass is 16.4. The number of hydrogen-bond donors (Lipinski definition) is 2. The number of nitrogens with zero attached hydrogens (tertiary/aromatic N) is 1. The molecule has 0 aliphatic carbocycles. The van der Waals surface area contributed by atoms with Crippen molar-refractivity contribution in [2.45, 2.75) is 26.2 Å². The number of anilines is 1. The zero-order chi connectivity index (χ0) is 15.8. The molecule has 2 N–H and O–H groups in total. The molecule has 1 rings (SSSR count). The summed E-state index contributed by atoms with van der Waals surface area (Å²) in [6.45, 7) is 1.86. The minimum atomic E-state index is -0.857. The molecule has 0 saturated carbocycles. The van der Waals surface area contributed by atoms with E-state index in [1.54, 1.807) is 31.3 Å². The summed E-state index contributed by atoms with van der Waals surface area (Å²) in [6.07, 6.45) is 0.756. The molecule has 0 fully saturated rings. The zero-order valence-electron chi connectivity index (χ0n) is 12.3. The standard InChI is InChI=1S/C15H20N2O4/c1-11(18)16-13-7-5-12(6-8-13)10-14(19)17(2)9-3-4-15(20)21/h5-8H,3-4,9-10H2,1-2H3,(H,16,18)(H,20,21). The first kappa shape index (κ1) is 16.7. The Morgan fingerprint density at radius 3 is 2.33 bits per heavy atom. The van der Waals surface area contributed by atoms with Gasteiger partial charge in [-0.2, -0.15) is 0 Å². The number of carboxylic acid groups (broad SMARTS) is 1. The topological polar surface area (TPSA) is 86.7 Å². The highest BCUT2D eigenvalue weighted by Gasteiger charge is 2.10. The van der Waals surface area contributed by atoms with Gasteiger partial charge >= 0.3 is 5.97 Å². The largest absolute Gasteiger partial charge is 0.481 e. The van der Waals surface area contributed by atoms with Crippen LogP contribution in [0.3, 0.4) is 0 Å². The summed E-state index contributed by atoms with van der Waals surface area (Å²) in [5.74, 6) is -1.06. The third-order valence-corrected chi connectivity index (χ3v) is 2.94. The van der Waals surface area contributed by atoms with Crippen LogP contribution in [0.4, 0.5) is 5.69 Å². The Morgan fingerprint density at radius 2 is 1.81 bits per heavy atom. The number of nitrogens with one attached hydrogen (secondary N) is 1. The summed E-state index contributed by atoms with van der Waals surface area (Å²) in [5.41, 5.74) is 1.53. The van der Waals surface area contributed by atoms with Crippen LogP contribution in [0.5, 0.6) is 0 Å². The van der Waals surface area contributed by atoms with Crippen molar-refractivity contribution in [3.63, 3.8) is 0 Å². The van der Waals surface area contributed by atoms with Crippen molar-refractivity contribution in [3.05, 3.63) is 29.8 Å². The Kier molecular flexibility index (Phi) is 6.39. The monoisotopic (exact) mass is 292 g/mol. The lowest BCUT2D eigenvalue weighted by Gasteiger charge is -2.16. The Bertz CT molecular complexity index is 511. The lowest BCUT2D eigenvalue weighted by molar-refractivity contribution is -0.138. The number of carboxylic acids is 1. The Morgan fingerprint density at radius 1 is 1.19 bits per heavy atom. The molecule has 1 aromatic carbocycles. The van der Waals surface area contributed by atoms with Crippen LogP contribution < -0.4 is 5.32 Å². The van der Waals surface area contributed by atoms with Crippen molar-refractivity contribution in [3.8, 4) is 0 Å². The zero-order valence-corrected chi connectivity index (χ0v) is 12.3. The second-order valence-corrected chi connectivity index (χ2v) is 4.87. The lowest BCUT2D eigenvalue weighted by Crippen LogP contribution is -2.29. The van der Waals surface area contributed by atoms with Gasteiger partial charge in [0.15, 0.2) is 0 Å². The third kappa shape index (κ3) is 6.56. The van der Waals surface area contributed by atoms with E-state index in [1.165, 1.54) is 11.8 Å². The van der Waals surface area contributed by atoms with Crippen LogP contribution in [0, 0.1) is 0 Å². The maximum Gasteiger partial charge on any atom is 0.303 e. The first-order valence-corrected chi connectivity index (χ1v) is 6.71. The van der Waals surface area contributed by atoms with Gasteiger partial charge in [0.1, 0.15) is 0 Å². The molecule has 114 valence electrons. The summed E-state index contributed by atoms with van der Waals surface area (Å²) in [4.78, 5) is 34.8. The molecule has 1 aromatic rings. The van der Waals surface area contributed by atoms with Crippen LogP contribution in [-0.4, -0.2) is 41.4 Å². The summed E-state index contributed by atoms with van der Waals surface area (Å²) in [6, 6.07) is 7.06. The molecule has 6 nitrogen and oxygen atoms in total. The molecule has 0 aliphatic heterocycles. The Labute approximate surface area is 123 Å². The van der Waals surface area contributed by atoms with Gasteiger partial charge < -0.3 is 15.3 Å². The van der Waals surface area contributed by atoms with Crippen molar-refractivity contribution in [1.29, 1.82) is 0 Å². The quantitative estimate of drug-likeness (QED) is 0.797. The van der Waals surface area contributed by atoms with Gasteiger partial charge in [0.05, 0.1) is 6.42 Å². The minimum Gasteiger partial charge on any atom is -0.481 e. The molecule has 0 atom stereocenters. The molecular formula is C15H20N2O4. The van der Waals surface area contributed by atoms with E-state index in [4.69, 9.17) is 5.11 Å². The molecule has 0 aliphatic rings. The molecule has 0 aromatic heterocycles. The molecule has 0 bridgehead atoms. The van der Waals surface area contributed by atoms with E-state index >= 15 is 0 Å². The van der Waals surface area contributed by atoms with E-state index in [2.05, 4.69) is 5.32 Å². The van der Waals surface area contributed by atoms with Gasteiger partial charge in [0.2, 0.25) is 11.8 Å². The van der Waals surface area contributed by atoms with Gasteiger partial charge in [-0.25, -0.2) is 0 Å². The maximum absolute atomic E-state index is 12.0. The fraction of sp³-hybridized carbons (Fsp3) is 0.400. The number of carbonyl (C=O) groups is 3. The molecule has 0 unspecified atom stereocenters. The third-order valence-electron chi connectivity index (χ3n) is 2.94. The van der Waals surface area contributed by atoms with E-state index in [0.717, 1.165) is 5.56 Å². The molecule has 0 radical (unpaired) electrons. The van der Waals surface area contributed by atoms with Crippen molar-refractivity contribution in [1.82, 2.24) is 4.90 Å². The number of rotatable bonds is 7. The van der Waals surface area contributed by atoms with Gasteiger partial charge in [0.25, 0.3) is 0 Å². The molecule has 21 heavy (non-hydrogen) atoms. The van der Waals surface area contributed by atoms with E-state index in [-0.39, 0.29) is 24.7 Å². The van der Waals surface area contributed by atoms with Crippen LogP contribution in [-0.2, 0) is 20.8 Å². The average molecular weight is 292 g/mol. The predicted octanol–water partition coefficient (Wildman–Crippen LogP) is 1.51. The van der Waals surface area contributed by atoms with E-state index in [0.29, 0.717) is 18.7 Å². The predicted molar refractivity (Wildman–Crippen MR) is 79.0 cm³/mol. The fourth-order valence-corrected chi connectivity index (χ4v) is 1.81. The van der Waals surface area contributed by atoms with Gasteiger partial charge in [-0.1, -0.05) is 12.1 Å². The Balaban J connectivity index is 2.46. The van der Waals surface area contributed by atoms with Crippen LogP contribution >= 0.6 is 0 Å². The molecule has 0 heterocycles. The number of aliphatic carboxylic acids is 1. The van der Waals surface area contributed by atoms with Crippen LogP contribution in [0.1, 0.15) is 25.3 Å². The summed E-state index contributed by atoms with van der Waals surface area (Å²) in [5, 5.41) is 11.2. The molecule has 0 saturated heterocycles.